The molecule has 2 atom stereocenters. The standard InChI is InChI=1S/C24H29N5O3/c1-29(2)11-9-14-12-17(14)23(30)28-20-7-6-16-18(13-26-22(16)27-20)21-19(32-15-4-5-15)8-10-25-24(21)31-3/h6-8,10,13-15,17H,4-5,9,11-12H2,1-3H3,(H2,26,27,28,30)/t14-,17-/m1/s1. The predicted octanol–water partition coefficient (Wildman–Crippen LogP) is 3.70. The summed E-state index contributed by atoms with van der Waals surface area (Å²) in [6.45, 7) is 1.01. The molecule has 0 aromatic carbocycles. The van der Waals surface area contributed by atoms with Gasteiger partial charge in [0.05, 0.1) is 18.8 Å². The van der Waals surface area contributed by atoms with Gasteiger partial charge in [0.25, 0.3) is 0 Å². The van der Waals surface area contributed by atoms with Gasteiger partial charge in [-0.05, 0) is 70.4 Å². The lowest BCUT2D eigenvalue weighted by Gasteiger charge is -2.13. The van der Waals surface area contributed by atoms with Crippen LogP contribution < -0.4 is 14.8 Å². The molecule has 5 rings (SSSR count). The Morgan fingerprint density at radius 1 is 1.28 bits per heavy atom. The van der Waals surface area contributed by atoms with Crippen LogP contribution in [0.25, 0.3) is 22.2 Å². The van der Waals surface area contributed by atoms with Gasteiger partial charge in [0.2, 0.25) is 11.8 Å². The number of hydrogen-bond acceptors (Lipinski definition) is 6. The van der Waals surface area contributed by atoms with Gasteiger partial charge in [0.15, 0.2) is 0 Å². The minimum atomic E-state index is 0.0569. The molecule has 0 bridgehead atoms. The number of carbonyl (C=O) groups is 1. The van der Waals surface area contributed by atoms with Crippen LogP contribution in [0.5, 0.6) is 11.6 Å². The zero-order chi connectivity index (χ0) is 22.2. The average molecular weight is 436 g/mol. The van der Waals surface area contributed by atoms with Gasteiger partial charge >= 0.3 is 0 Å². The Balaban J connectivity index is 1.36. The molecular formula is C24H29N5O3. The number of rotatable bonds is 9. The van der Waals surface area contributed by atoms with E-state index in [9.17, 15) is 4.79 Å². The highest BCUT2D eigenvalue weighted by molar-refractivity contribution is 5.99. The first kappa shape index (κ1) is 20.8. The minimum Gasteiger partial charge on any atom is -0.490 e. The van der Waals surface area contributed by atoms with Crippen LogP contribution in [-0.4, -0.2) is 59.6 Å². The van der Waals surface area contributed by atoms with E-state index >= 15 is 0 Å². The number of nitrogens with zero attached hydrogens (tertiary/aromatic N) is 3. The molecule has 3 aromatic rings. The summed E-state index contributed by atoms with van der Waals surface area (Å²) in [4.78, 5) is 27.0. The average Bonchev–Trinajstić information content (AvgIpc) is 3.70. The van der Waals surface area contributed by atoms with Crippen LogP contribution >= 0.6 is 0 Å². The van der Waals surface area contributed by atoms with Crippen LogP contribution in [-0.2, 0) is 4.79 Å². The molecule has 0 aliphatic heterocycles. The molecule has 2 fully saturated rings. The maximum atomic E-state index is 12.6. The first-order chi connectivity index (χ1) is 15.5. The summed E-state index contributed by atoms with van der Waals surface area (Å²) < 4.78 is 11.6. The van der Waals surface area contributed by atoms with Crippen LogP contribution in [0, 0.1) is 11.8 Å². The molecule has 2 saturated carbocycles. The van der Waals surface area contributed by atoms with Crippen LogP contribution in [0.15, 0.2) is 30.6 Å². The topological polar surface area (TPSA) is 92.4 Å². The Labute approximate surface area is 187 Å². The number of carbonyl (C=O) groups excluding carboxylic acids is 1. The van der Waals surface area contributed by atoms with Gasteiger partial charge in [-0.2, -0.15) is 0 Å². The highest BCUT2D eigenvalue weighted by Gasteiger charge is 2.42. The number of aromatic amines is 1. The number of methoxy groups -OCH3 is 1. The molecule has 3 aromatic heterocycles. The van der Waals surface area contributed by atoms with E-state index < -0.39 is 0 Å². The third kappa shape index (κ3) is 4.27. The molecule has 0 saturated heterocycles. The van der Waals surface area contributed by atoms with Gasteiger partial charge in [0, 0.05) is 29.3 Å². The maximum absolute atomic E-state index is 12.6. The number of amides is 1. The molecule has 2 aliphatic rings. The third-order valence-corrected chi connectivity index (χ3v) is 6.16. The summed E-state index contributed by atoms with van der Waals surface area (Å²) in [5.41, 5.74) is 2.42. The van der Waals surface area contributed by atoms with E-state index in [2.05, 4.69) is 39.3 Å². The van der Waals surface area contributed by atoms with Crippen molar-refractivity contribution in [3.05, 3.63) is 30.6 Å². The van der Waals surface area contributed by atoms with Crippen molar-refractivity contribution in [1.29, 1.82) is 0 Å². The fourth-order valence-electron chi connectivity index (χ4n) is 4.10. The fraction of sp³-hybridized carbons (Fsp3) is 0.458. The molecule has 2 N–H and O–H groups in total. The quantitative estimate of drug-likeness (QED) is 0.532. The van der Waals surface area contributed by atoms with Gasteiger partial charge in [0.1, 0.15) is 17.2 Å². The van der Waals surface area contributed by atoms with Gasteiger partial charge in [-0.15, -0.1) is 0 Å². The number of anilines is 1. The lowest BCUT2D eigenvalue weighted by Crippen LogP contribution is -2.18. The summed E-state index contributed by atoms with van der Waals surface area (Å²) in [5, 5.41) is 3.91. The summed E-state index contributed by atoms with van der Waals surface area (Å²) in [6.07, 6.45) is 7.99. The molecule has 8 heteroatoms. The smallest absolute Gasteiger partial charge is 0.228 e. The second-order valence-corrected chi connectivity index (χ2v) is 8.99. The molecule has 8 nitrogen and oxygen atoms in total. The molecule has 32 heavy (non-hydrogen) atoms. The summed E-state index contributed by atoms with van der Waals surface area (Å²) in [6, 6.07) is 5.69. The Kier molecular flexibility index (Phi) is 5.46. The number of fused-ring (bicyclic) bond motifs is 1. The zero-order valence-corrected chi connectivity index (χ0v) is 18.7. The van der Waals surface area contributed by atoms with E-state index in [1.54, 1.807) is 13.3 Å². The van der Waals surface area contributed by atoms with Crippen molar-refractivity contribution in [1.82, 2.24) is 19.9 Å². The number of nitrogens with one attached hydrogen (secondary N) is 2. The molecule has 2 aliphatic carbocycles. The number of aromatic nitrogens is 3. The van der Waals surface area contributed by atoms with Crippen molar-refractivity contribution >= 4 is 22.8 Å². The number of ether oxygens (including phenoxy) is 2. The summed E-state index contributed by atoms with van der Waals surface area (Å²) in [5.74, 6) is 2.45. The van der Waals surface area contributed by atoms with Crippen molar-refractivity contribution in [2.45, 2.75) is 31.8 Å². The highest BCUT2D eigenvalue weighted by atomic mass is 16.5. The highest BCUT2D eigenvalue weighted by Crippen LogP contribution is 2.43. The van der Waals surface area contributed by atoms with E-state index in [0.29, 0.717) is 23.3 Å². The molecule has 0 spiro atoms. The first-order valence-electron chi connectivity index (χ1n) is 11.2. The van der Waals surface area contributed by atoms with Crippen LogP contribution in [0.1, 0.15) is 25.7 Å². The van der Waals surface area contributed by atoms with Gasteiger partial charge in [-0.3, -0.25) is 4.79 Å². The Bertz CT molecular complexity index is 1140. The Morgan fingerprint density at radius 2 is 2.12 bits per heavy atom. The van der Waals surface area contributed by atoms with Crippen molar-refractivity contribution in [2.75, 3.05) is 33.1 Å². The van der Waals surface area contributed by atoms with Crippen molar-refractivity contribution < 1.29 is 14.3 Å². The second-order valence-electron chi connectivity index (χ2n) is 8.99. The van der Waals surface area contributed by atoms with Crippen molar-refractivity contribution in [3.8, 4) is 22.8 Å². The summed E-state index contributed by atoms with van der Waals surface area (Å²) in [7, 11) is 5.73. The van der Waals surface area contributed by atoms with Crippen molar-refractivity contribution in [3.63, 3.8) is 0 Å². The second kappa shape index (κ2) is 8.43. The number of H-pyrrole nitrogens is 1. The molecule has 0 radical (unpaired) electrons. The van der Waals surface area contributed by atoms with Crippen LogP contribution in [0.3, 0.4) is 0 Å². The normalized spacial score (nSPS) is 19.9. The van der Waals surface area contributed by atoms with Crippen molar-refractivity contribution in [2.24, 2.45) is 11.8 Å². The SMILES string of the molecule is COc1nccc(OC2CC2)c1-c1c[nH]c2nc(NC(=O)[C@@H]3C[C@H]3CCN(C)C)ccc12. The van der Waals surface area contributed by atoms with E-state index in [4.69, 9.17) is 9.47 Å². The molecule has 0 unspecified atom stereocenters. The minimum absolute atomic E-state index is 0.0569. The Morgan fingerprint density at radius 3 is 2.88 bits per heavy atom. The maximum Gasteiger partial charge on any atom is 0.228 e. The Hall–Kier alpha value is -3.13. The lowest BCUT2D eigenvalue weighted by atomic mass is 10.1. The number of pyridine rings is 2. The van der Waals surface area contributed by atoms with E-state index in [0.717, 1.165) is 54.5 Å². The molecular weight excluding hydrogens is 406 g/mol. The third-order valence-electron chi connectivity index (χ3n) is 6.16. The van der Waals surface area contributed by atoms with Gasteiger partial charge in [-0.25, -0.2) is 9.97 Å². The largest absolute Gasteiger partial charge is 0.490 e. The van der Waals surface area contributed by atoms with E-state index in [1.165, 1.54) is 0 Å². The molecule has 1 amide bonds. The van der Waals surface area contributed by atoms with Gasteiger partial charge in [-0.1, -0.05) is 0 Å². The zero-order valence-electron chi connectivity index (χ0n) is 18.7. The number of hydrogen-bond donors (Lipinski definition) is 2. The first-order valence-corrected chi connectivity index (χ1v) is 11.2. The summed E-state index contributed by atoms with van der Waals surface area (Å²) >= 11 is 0. The monoisotopic (exact) mass is 435 g/mol. The lowest BCUT2D eigenvalue weighted by molar-refractivity contribution is -0.117. The van der Waals surface area contributed by atoms with Crippen LogP contribution in [0.2, 0.25) is 0 Å². The molecule has 3 heterocycles. The molecule has 168 valence electrons. The predicted molar refractivity (Wildman–Crippen MR) is 123 cm³/mol. The van der Waals surface area contributed by atoms with E-state index in [1.807, 2.05) is 24.4 Å². The van der Waals surface area contributed by atoms with Crippen LogP contribution in [0.4, 0.5) is 5.82 Å². The fourth-order valence-corrected chi connectivity index (χ4v) is 4.10. The van der Waals surface area contributed by atoms with Gasteiger partial charge < -0.3 is 24.7 Å². The van der Waals surface area contributed by atoms with E-state index in [-0.39, 0.29) is 17.9 Å².